The summed E-state index contributed by atoms with van der Waals surface area (Å²) in [6.07, 6.45) is 11.7. The number of hydrogen-bond acceptors (Lipinski definition) is 0. The molecule has 0 spiro atoms. The Morgan fingerprint density at radius 1 is 1.00 bits per heavy atom. The van der Waals surface area contributed by atoms with Crippen molar-refractivity contribution in [3.8, 4) is 0 Å². The fraction of sp³-hybridized carbons (Fsp3) is 1.00. The summed E-state index contributed by atoms with van der Waals surface area (Å²) in [7, 11) is 0. The molecule has 0 N–H and O–H groups in total. The predicted octanol–water partition coefficient (Wildman–Crippen LogP) is 5.67. The molecular weight excluding hydrogens is 192 g/mol. The Labute approximate surface area is 103 Å². The summed E-state index contributed by atoms with van der Waals surface area (Å²) in [6.45, 7) is 9.58. The number of hydrogen-bond donors (Lipinski definition) is 0. The van der Waals surface area contributed by atoms with Crippen LogP contribution in [0.1, 0.15) is 79.1 Å². The highest BCUT2D eigenvalue weighted by molar-refractivity contribution is 4.81. The minimum atomic E-state index is 0.955. The molecule has 0 heterocycles. The van der Waals surface area contributed by atoms with Crippen molar-refractivity contribution in [3.05, 3.63) is 0 Å². The third kappa shape index (κ3) is 5.92. The van der Waals surface area contributed by atoms with Crippen molar-refractivity contribution < 1.29 is 0 Å². The van der Waals surface area contributed by atoms with E-state index in [4.69, 9.17) is 0 Å². The van der Waals surface area contributed by atoms with Crippen LogP contribution in [-0.4, -0.2) is 0 Å². The Morgan fingerprint density at radius 2 is 1.56 bits per heavy atom. The van der Waals surface area contributed by atoms with Gasteiger partial charge >= 0.3 is 0 Å². The molecule has 16 heavy (non-hydrogen) atoms. The maximum atomic E-state index is 2.45. The van der Waals surface area contributed by atoms with Crippen LogP contribution in [0.5, 0.6) is 0 Å². The molecule has 0 heteroatoms. The summed E-state index contributed by atoms with van der Waals surface area (Å²) >= 11 is 0. The molecule has 1 rings (SSSR count). The molecule has 0 aliphatic heterocycles. The zero-order chi connectivity index (χ0) is 12.0. The molecular formula is C16H32. The van der Waals surface area contributed by atoms with Gasteiger partial charge in [-0.05, 0) is 30.1 Å². The number of rotatable bonds is 9. The molecule has 1 aliphatic rings. The monoisotopic (exact) mass is 224 g/mol. The largest absolute Gasteiger partial charge is 0.0654 e. The van der Waals surface area contributed by atoms with E-state index in [9.17, 15) is 0 Å². The molecule has 96 valence electrons. The van der Waals surface area contributed by atoms with E-state index in [1.807, 2.05) is 0 Å². The lowest BCUT2D eigenvalue weighted by molar-refractivity contribution is 0.383. The quantitative estimate of drug-likeness (QED) is 0.473. The van der Waals surface area contributed by atoms with E-state index in [0.29, 0.717) is 0 Å². The predicted molar refractivity (Wildman–Crippen MR) is 73.6 cm³/mol. The van der Waals surface area contributed by atoms with Gasteiger partial charge in [0.25, 0.3) is 0 Å². The Balaban J connectivity index is 1.91. The first-order valence-electron chi connectivity index (χ1n) is 7.63. The maximum Gasteiger partial charge on any atom is -0.0386 e. The van der Waals surface area contributed by atoms with Crippen molar-refractivity contribution in [2.24, 2.45) is 23.7 Å². The summed E-state index contributed by atoms with van der Waals surface area (Å²) in [5, 5.41) is 0. The zero-order valence-electron chi connectivity index (χ0n) is 12.0. The van der Waals surface area contributed by atoms with E-state index < -0.39 is 0 Å². The fourth-order valence-electron chi connectivity index (χ4n) is 2.88. The third-order valence-electron chi connectivity index (χ3n) is 4.48. The van der Waals surface area contributed by atoms with Gasteiger partial charge in [0.2, 0.25) is 0 Å². The highest BCUT2D eigenvalue weighted by Gasteiger charge is 2.31. The van der Waals surface area contributed by atoms with Crippen molar-refractivity contribution in [1.82, 2.24) is 0 Å². The highest BCUT2D eigenvalue weighted by Crippen LogP contribution is 2.41. The minimum Gasteiger partial charge on any atom is -0.0654 e. The van der Waals surface area contributed by atoms with E-state index in [2.05, 4.69) is 27.7 Å². The van der Waals surface area contributed by atoms with Crippen molar-refractivity contribution >= 4 is 0 Å². The van der Waals surface area contributed by atoms with Gasteiger partial charge in [0, 0.05) is 0 Å². The molecule has 0 bridgehead atoms. The van der Waals surface area contributed by atoms with Crippen molar-refractivity contribution in [3.63, 3.8) is 0 Å². The van der Waals surface area contributed by atoms with Gasteiger partial charge in [0.05, 0.1) is 0 Å². The SMILES string of the molecule is CCCC(C)CCC(C)CCCC1CC1C. The van der Waals surface area contributed by atoms with E-state index in [0.717, 1.165) is 23.7 Å². The fourth-order valence-corrected chi connectivity index (χ4v) is 2.88. The van der Waals surface area contributed by atoms with E-state index >= 15 is 0 Å². The standard InChI is InChI=1S/C16H32/c1-5-7-13(2)10-11-14(3)8-6-9-16-12-15(16)4/h13-16H,5-12H2,1-4H3. The molecule has 1 fully saturated rings. The summed E-state index contributed by atoms with van der Waals surface area (Å²) in [5.74, 6) is 4.08. The molecule has 0 aromatic carbocycles. The second kappa shape index (κ2) is 7.35. The summed E-state index contributed by atoms with van der Waals surface area (Å²) in [5.41, 5.74) is 0. The van der Waals surface area contributed by atoms with Gasteiger partial charge in [-0.2, -0.15) is 0 Å². The van der Waals surface area contributed by atoms with Crippen molar-refractivity contribution in [1.29, 1.82) is 0 Å². The maximum absolute atomic E-state index is 2.45. The lowest BCUT2D eigenvalue weighted by Crippen LogP contribution is -2.00. The van der Waals surface area contributed by atoms with Crippen molar-refractivity contribution in [2.75, 3.05) is 0 Å². The molecule has 0 aromatic rings. The van der Waals surface area contributed by atoms with Crippen LogP contribution in [0.15, 0.2) is 0 Å². The van der Waals surface area contributed by atoms with Gasteiger partial charge in [-0.25, -0.2) is 0 Å². The summed E-state index contributed by atoms with van der Waals surface area (Å²) in [6, 6.07) is 0. The smallest absolute Gasteiger partial charge is 0.0386 e. The first kappa shape index (κ1) is 14.1. The van der Waals surface area contributed by atoms with Gasteiger partial charge in [0.15, 0.2) is 0 Å². The van der Waals surface area contributed by atoms with E-state index in [1.54, 1.807) is 0 Å². The van der Waals surface area contributed by atoms with Gasteiger partial charge < -0.3 is 0 Å². The van der Waals surface area contributed by atoms with Gasteiger partial charge in [-0.3, -0.25) is 0 Å². The Bertz CT molecular complexity index is 173. The van der Waals surface area contributed by atoms with Crippen LogP contribution in [0.2, 0.25) is 0 Å². The summed E-state index contributed by atoms with van der Waals surface area (Å²) < 4.78 is 0. The molecule has 0 aromatic heterocycles. The Kier molecular flexibility index (Phi) is 6.46. The minimum absolute atomic E-state index is 0.955. The average Bonchev–Trinajstić information content (AvgIpc) is 2.92. The molecule has 0 amide bonds. The van der Waals surface area contributed by atoms with E-state index in [1.165, 1.54) is 51.4 Å². The lowest BCUT2D eigenvalue weighted by atomic mass is 9.92. The van der Waals surface area contributed by atoms with Gasteiger partial charge in [-0.1, -0.05) is 72.6 Å². The van der Waals surface area contributed by atoms with E-state index in [-0.39, 0.29) is 0 Å². The van der Waals surface area contributed by atoms with Crippen LogP contribution >= 0.6 is 0 Å². The highest BCUT2D eigenvalue weighted by atomic mass is 14.4. The van der Waals surface area contributed by atoms with Crippen LogP contribution in [0.25, 0.3) is 0 Å². The van der Waals surface area contributed by atoms with Crippen LogP contribution < -0.4 is 0 Å². The van der Waals surface area contributed by atoms with Crippen LogP contribution in [0.3, 0.4) is 0 Å². The Morgan fingerprint density at radius 3 is 2.06 bits per heavy atom. The Hall–Kier alpha value is 0. The lowest BCUT2D eigenvalue weighted by Gasteiger charge is -2.14. The van der Waals surface area contributed by atoms with Crippen LogP contribution in [0, 0.1) is 23.7 Å². The second-order valence-corrected chi connectivity index (χ2v) is 6.48. The molecule has 0 radical (unpaired) electrons. The second-order valence-electron chi connectivity index (χ2n) is 6.48. The average molecular weight is 224 g/mol. The first-order chi connectivity index (χ1) is 7.63. The van der Waals surface area contributed by atoms with Crippen LogP contribution in [0.4, 0.5) is 0 Å². The van der Waals surface area contributed by atoms with Gasteiger partial charge in [-0.15, -0.1) is 0 Å². The first-order valence-corrected chi connectivity index (χ1v) is 7.63. The molecule has 1 saturated carbocycles. The van der Waals surface area contributed by atoms with Gasteiger partial charge in [0.1, 0.15) is 0 Å². The molecule has 4 atom stereocenters. The third-order valence-corrected chi connectivity index (χ3v) is 4.48. The molecule has 1 aliphatic carbocycles. The molecule has 0 saturated heterocycles. The topological polar surface area (TPSA) is 0 Å². The molecule has 0 nitrogen and oxygen atoms in total. The summed E-state index contributed by atoms with van der Waals surface area (Å²) in [4.78, 5) is 0. The zero-order valence-corrected chi connectivity index (χ0v) is 12.0. The normalized spacial score (nSPS) is 27.8. The molecule has 4 unspecified atom stereocenters. The van der Waals surface area contributed by atoms with Crippen molar-refractivity contribution in [2.45, 2.75) is 79.1 Å². The van der Waals surface area contributed by atoms with Crippen LogP contribution in [-0.2, 0) is 0 Å².